The first-order valence-electron chi connectivity index (χ1n) is 19.9. The second kappa shape index (κ2) is 10.8. The number of hydrogen-bond acceptors (Lipinski definition) is 1. The summed E-state index contributed by atoms with van der Waals surface area (Å²) in [5.41, 5.74) is 13.1. The number of hydrogen-bond donors (Lipinski definition) is 0. The van der Waals surface area contributed by atoms with Gasteiger partial charge in [-0.15, -0.1) is 11.3 Å². The zero-order valence-corrected chi connectivity index (χ0v) is 32.5. The number of allylic oxidation sites excluding steroid dienone is 1. The fourth-order valence-corrected chi connectivity index (χ4v) is 12.4. The van der Waals surface area contributed by atoms with Crippen LogP contribution in [-0.2, 0) is 11.0 Å². The highest BCUT2D eigenvalue weighted by Crippen LogP contribution is 2.57. The molecular formula is C53H37N3S+2. The van der Waals surface area contributed by atoms with Gasteiger partial charge in [0.05, 0.1) is 27.7 Å². The van der Waals surface area contributed by atoms with E-state index >= 15 is 0 Å². The molecule has 0 amide bonds. The maximum Gasteiger partial charge on any atom is 0.213 e. The zero-order valence-electron chi connectivity index (χ0n) is 31.7. The normalized spacial score (nSPS) is 19.8. The summed E-state index contributed by atoms with van der Waals surface area (Å²) in [6, 6.07) is 56.9. The third kappa shape index (κ3) is 3.73. The van der Waals surface area contributed by atoms with Gasteiger partial charge in [0, 0.05) is 78.5 Å². The molecule has 3 unspecified atom stereocenters. The van der Waals surface area contributed by atoms with Crippen LogP contribution in [-0.4, -0.2) is 4.40 Å². The Hall–Kier alpha value is -6.62. The quantitative estimate of drug-likeness (QED) is 0.126. The molecular weight excluding hydrogens is 711 g/mol. The van der Waals surface area contributed by atoms with Crippen molar-refractivity contribution < 1.29 is 9.13 Å². The SMILES string of the molecule is C=CC1(C)[n+]2ccccc2-c2cc3c4cc(-c5ccccc5)cc5c6c7c(ccc6n(c3cc2C1(C)C1c2ccccc2-c2cccc[n+]21)c45)sc1ccccc17. The molecule has 2 aliphatic heterocycles. The minimum atomic E-state index is -0.491. The maximum atomic E-state index is 4.63. The number of nitrogens with zero attached hydrogens (tertiary/aromatic N) is 3. The first-order chi connectivity index (χ1) is 28.0. The Morgan fingerprint density at radius 2 is 1.35 bits per heavy atom. The summed E-state index contributed by atoms with van der Waals surface area (Å²) in [6.45, 7) is 9.52. The Morgan fingerprint density at radius 3 is 2.23 bits per heavy atom. The van der Waals surface area contributed by atoms with Crippen molar-refractivity contribution in [2.24, 2.45) is 0 Å². The van der Waals surface area contributed by atoms with E-state index in [9.17, 15) is 0 Å². The zero-order chi connectivity index (χ0) is 37.8. The second-order valence-corrected chi connectivity index (χ2v) is 17.5. The Kier molecular flexibility index (Phi) is 5.99. The molecule has 5 aromatic heterocycles. The van der Waals surface area contributed by atoms with Crippen LogP contribution in [0, 0.1) is 0 Å². The minimum absolute atomic E-state index is 0.0113. The summed E-state index contributed by atoms with van der Waals surface area (Å²) in [5.74, 6) is 0. The van der Waals surface area contributed by atoms with Crippen LogP contribution in [0.15, 0.2) is 177 Å². The van der Waals surface area contributed by atoms with Gasteiger partial charge in [-0.3, -0.25) is 0 Å². The van der Waals surface area contributed by atoms with Gasteiger partial charge in [-0.2, -0.15) is 9.13 Å². The van der Waals surface area contributed by atoms with Crippen molar-refractivity contribution in [3.8, 4) is 33.6 Å². The van der Waals surface area contributed by atoms with Crippen molar-refractivity contribution >= 4 is 69.6 Å². The maximum absolute atomic E-state index is 4.63. The van der Waals surface area contributed by atoms with Gasteiger partial charge in [0.25, 0.3) is 0 Å². The van der Waals surface area contributed by atoms with Crippen LogP contribution >= 0.6 is 11.3 Å². The van der Waals surface area contributed by atoms with Gasteiger partial charge in [-0.25, -0.2) is 0 Å². The van der Waals surface area contributed by atoms with Gasteiger partial charge in [0.1, 0.15) is 5.41 Å². The van der Waals surface area contributed by atoms with Crippen molar-refractivity contribution in [2.45, 2.75) is 30.8 Å². The molecule has 0 aliphatic carbocycles. The fourth-order valence-electron chi connectivity index (χ4n) is 11.3. The van der Waals surface area contributed by atoms with E-state index in [4.69, 9.17) is 0 Å². The summed E-state index contributed by atoms with van der Waals surface area (Å²) in [5, 5.41) is 7.92. The topological polar surface area (TPSA) is 12.2 Å². The average molecular weight is 748 g/mol. The van der Waals surface area contributed by atoms with Gasteiger partial charge >= 0.3 is 0 Å². The van der Waals surface area contributed by atoms with Crippen LogP contribution in [0.4, 0.5) is 0 Å². The standard InChI is InChI=1S/C53H37N3S/c1-4-52(2)53(3,51-35-19-9-8-18-34(35)42-21-12-14-26-54(42)51)41-31-45-37(30-39(41)43-22-13-15-27-55(43)52)38-28-33(32-16-6-5-7-17-32)29-40-48-44(56(45)50(38)40)24-25-47-49(48)36-20-10-11-23-46(36)57-47/h4-31,51H,1H2,2-3H3/q+2. The van der Waals surface area contributed by atoms with Crippen molar-refractivity contribution in [2.75, 3.05) is 0 Å². The Morgan fingerprint density at radius 1 is 0.596 bits per heavy atom. The van der Waals surface area contributed by atoms with E-state index in [0.717, 1.165) is 0 Å². The van der Waals surface area contributed by atoms with Gasteiger partial charge < -0.3 is 4.40 Å². The smallest absolute Gasteiger partial charge is 0.213 e. The molecule has 0 saturated heterocycles. The van der Waals surface area contributed by atoms with E-state index < -0.39 is 11.0 Å². The molecule has 11 aromatic rings. The van der Waals surface area contributed by atoms with Crippen LogP contribution in [0.25, 0.3) is 91.9 Å². The van der Waals surface area contributed by atoms with Gasteiger partial charge in [0.2, 0.25) is 17.4 Å². The van der Waals surface area contributed by atoms with E-state index in [1.165, 1.54) is 103 Å². The average Bonchev–Trinajstić information content (AvgIpc) is 4.00. The van der Waals surface area contributed by atoms with Crippen molar-refractivity contribution in [1.82, 2.24) is 4.40 Å². The molecule has 7 heterocycles. The lowest BCUT2D eigenvalue weighted by Crippen LogP contribution is -2.71. The molecule has 3 atom stereocenters. The predicted octanol–water partition coefficient (Wildman–Crippen LogP) is 12.6. The number of thiophene rings is 1. The molecule has 6 aromatic carbocycles. The monoisotopic (exact) mass is 747 g/mol. The molecule has 0 N–H and O–H groups in total. The molecule has 268 valence electrons. The predicted molar refractivity (Wildman–Crippen MR) is 236 cm³/mol. The number of aromatic nitrogens is 3. The molecule has 0 saturated carbocycles. The van der Waals surface area contributed by atoms with E-state index in [2.05, 4.69) is 204 Å². The molecule has 57 heavy (non-hydrogen) atoms. The van der Waals surface area contributed by atoms with E-state index in [1.54, 1.807) is 0 Å². The number of fused-ring (bicyclic) bond motifs is 16. The highest BCUT2D eigenvalue weighted by molar-refractivity contribution is 7.26. The lowest BCUT2D eigenvalue weighted by atomic mass is 9.58. The van der Waals surface area contributed by atoms with Crippen molar-refractivity contribution in [1.29, 1.82) is 0 Å². The lowest BCUT2D eigenvalue weighted by Gasteiger charge is -2.46. The molecule has 0 fully saturated rings. The summed E-state index contributed by atoms with van der Waals surface area (Å²) >= 11 is 1.90. The van der Waals surface area contributed by atoms with Gasteiger partial charge in [-0.05, 0) is 90.4 Å². The van der Waals surface area contributed by atoms with Crippen molar-refractivity contribution in [3.63, 3.8) is 0 Å². The summed E-state index contributed by atoms with van der Waals surface area (Å²) in [4.78, 5) is 0. The lowest BCUT2D eigenvalue weighted by molar-refractivity contribution is -0.776. The van der Waals surface area contributed by atoms with Gasteiger partial charge in [0.15, 0.2) is 17.9 Å². The fraction of sp³-hybridized carbons (Fsp3) is 0.0943. The molecule has 13 rings (SSSR count). The third-order valence-electron chi connectivity index (χ3n) is 14.0. The van der Waals surface area contributed by atoms with Crippen LogP contribution < -0.4 is 9.13 Å². The Balaban J connectivity index is 1.23. The van der Waals surface area contributed by atoms with Gasteiger partial charge in [-0.1, -0.05) is 73.3 Å². The molecule has 0 radical (unpaired) electrons. The van der Waals surface area contributed by atoms with Crippen LogP contribution in [0.2, 0.25) is 0 Å². The number of pyridine rings is 2. The summed E-state index contributed by atoms with van der Waals surface area (Å²) in [6.07, 6.45) is 6.76. The van der Waals surface area contributed by atoms with E-state index in [-0.39, 0.29) is 6.04 Å². The Bertz CT molecular complexity index is 3490. The highest BCUT2D eigenvalue weighted by atomic mass is 32.1. The summed E-state index contributed by atoms with van der Waals surface area (Å²) in [7, 11) is 0. The summed E-state index contributed by atoms with van der Waals surface area (Å²) < 4.78 is 10.3. The first-order valence-corrected chi connectivity index (χ1v) is 20.7. The van der Waals surface area contributed by atoms with Crippen LogP contribution in [0.5, 0.6) is 0 Å². The number of benzene rings is 6. The van der Waals surface area contributed by atoms with Crippen molar-refractivity contribution in [3.05, 3.63) is 188 Å². The van der Waals surface area contributed by atoms with E-state index in [1.807, 2.05) is 11.3 Å². The first kappa shape index (κ1) is 31.6. The minimum Gasteiger partial charge on any atom is -0.308 e. The van der Waals surface area contributed by atoms with Crippen LogP contribution in [0.3, 0.4) is 0 Å². The number of rotatable bonds is 3. The molecule has 0 bridgehead atoms. The highest BCUT2D eigenvalue weighted by Gasteiger charge is 2.66. The largest absolute Gasteiger partial charge is 0.308 e. The third-order valence-corrected chi connectivity index (χ3v) is 15.2. The van der Waals surface area contributed by atoms with Crippen LogP contribution in [0.1, 0.15) is 31.0 Å². The Labute approximate surface area is 334 Å². The molecule has 3 nitrogen and oxygen atoms in total. The molecule has 4 heteroatoms. The van der Waals surface area contributed by atoms with E-state index in [0.29, 0.717) is 0 Å². The second-order valence-electron chi connectivity index (χ2n) is 16.5. The molecule has 0 spiro atoms. The molecule has 2 aliphatic rings.